The van der Waals surface area contributed by atoms with Crippen LogP contribution in [0.2, 0.25) is 0 Å². The standard InChI is InChI=1S/C9H14O4.C4H8/c1-7(2)9(12)13-6-4-3-5-8(10)11;1-4(2)3/h1,3-6H2,2H3,(H,10,11);1H2,2-3H3. The number of unbranched alkanes of at least 4 members (excludes halogenated alkanes) is 1. The Kier molecular flexibility index (Phi) is 11.4. The van der Waals surface area contributed by atoms with Crippen LogP contribution in [0.3, 0.4) is 0 Å². The molecule has 0 fully saturated rings. The first-order valence-electron chi connectivity index (χ1n) is 5.44. The van der Waals surface area contributed by atoms with Gasteiger partial charge >= 0.3 is 11.9 Å². The van der Waals surface area contributed by atoms with Crippen LogP contribution in [-0.4, -0.2) is 23.7 Å². The number of carboxylic acid groups (broad SMARTS) is 1. The second-order valence-corrected chi connectivity index (χ2v) is 3.97. The molecule has 0 bridgehead atoms. The Morgan fingerprint density at radius 3 is 1.94 bits per heavy atom. The van der Waals surface area contributed by atoms with Crippen LogP contribution in [0, 0.1) is 0 Å². The predicted octanol–water partition coefficient (Wildman–Crippen LogP) is 2.94. The van der Waals surface area contributed by atoms with Crippen molar-refractivity contribution in [1.29, 1.82) is 0 Å². The summed E-state index contributed by atoms with van der Waals surface area (Å²) in [6, 6.07) is 0. The molecule has 4 nitrogen and oxygen atoms in total. The Labute approximate surface area is 103 Å². The van der Waals surface area contributed by atoms with E-state index in [9.17, 15) is 9.59 Å². The maximum atomic E-state index is 10.8. The molecule has 17 heavy (non-hydrogen) atoms. The first kappa shape index (κ1) is 17.8. The van der Waals surface area contributed by atoms with Gasteiger partial charge in [0, 0.05) is 12.0 Å². The highest BCUT2D eigenvalue weighted by Gasteiger charge is 2.02. The number of rotatable bonds is 6. The zero-order chi connectivity index (χ0) is 13.8. The molecule has 1 N–H and O–H groups in total. The minimum Gasteiger partial charge on any atom is -0.481 e. The fraction of sp³-hybridized carbons (Fsp3) is 0.538. The van der Waals surface area contributed by atoms with Gasteiger partial charge in [0.2, 0.25) is 0 Å². The number of ether oxygens (including phenoxy) is 1. The number of esters is 1. The van der Waals surface area contributed by atoms with Crippen molar-refractivity contribution in [1.82, 2.24) is 0 Å². The van der Waals surface area contributed by atoms with E-state index < -0.39 is 11.9 Å². The van der Waals surface area contributed by atoms with E-state index in [1.54, 1.807) is 6.92 Å². The Balaban J connectivity index is 0. The van der Waals surface area contributed by atoms with Crippen molar-refractivity contribution in [2.75, 3.05) is 6.61 Å². The fourth-order valence-corrected chi connectivity index (χ4v) is 0.666. The summed E-state index contributed by atoms with van der Waals surface area (Å²) in [5, 5.41) is 8.29. The monoisotopic (exact) mass is 242 g/mol. The van der Waals surface area contributed by atoms with Crippen LogP contribution in [-0.2, 0) is 14.3 Å². The van der Waals surface area contributed by atoms with Crippen molar-refractivity contribution in [3.63, 3.8) is 0 Å². The third kappa shape index (κ3) is 20.5. The summed E-state index contributed by atoms with van der Waals surface area (Å²) in [5.74, 6) is -1.25. The average Bonchev–Trinajstić information content (AvgIpc) is 2.15. The summed E-state index contributed by atoms with van der Waals surface area (Å²) in [5.41, 5.74) is 1.53. The van der Waals surface area contributed by atoms with Crippen molar-refractivity contribution in [2.45, 2.75) is 40.0 Å². The normalized spacial score (nSPS) is 8.65. The summed E-state index contributed by atoms with van der Waals surface area (Å²) in [6.45, 7) is 12.7. The van der Waals surface area contributed by atoms with E-state index in [-0.39, 0.29) is 13.0 Å². The lowest BCUT2D eigenvalue weighted by atomic mass is 10.2. The van der Waals surface area contributed by atoms with Gasteiger partial charge in [0.25, 0.3) is 0 Å². The highest BCUT2D eigenvalue weighted by atomic mass is 16.5. The van der Waals surface area contributed by atoms with Gasteiger partial charge in [-0.05, 0) is 33.6 Å². The summed E-state index contributed by atoms with van der Waals surface area (Å²) < 4.78 is 4.75. The number of carbonyl (C=O) groups is 2. The molecule has 0 aliphatic carbocycles. The van der Waals surface area contributed by atoms with Gasteiger partial charge in [0.1, 0.15) is 0 Å². The maximum absolute atomic E-state index is 10.8. The number of allylic oxidation sites excluding steroid dienone is 1. The minimum atomic E-state index is -0.828. The topological polar surface area (TPSA) is 63.6 Å². The lowest BCUT2D eigenvalue weighted by Crippen LogP contribution is -2.06. The van der Waals surface area contributed by atoms with Gasteiger partial charge in [-0.3, -0.25) is 4.79 Å². The smallest absolute Gasteiger partial charge is 0.333 e. The molecule has 0 aromatic heterocycles. The quantitative estimate of drug-likeness (QED) is 0.336. The summed E-state index contributed by atoms with van der Waals surface area (Å²) in [6.07, 6.45) is 1.22. The zero-order valence-electron chi connectivity index (χ0n) is 10.9. The summed E-state index contributed by atoms with van der Waals surface area (Å²) in [4.78, 5) is 20.9. The Morgan fingerprint density at radius 2 is 1.59 bits per heavy atom. The van der Waals surface area contributed by atoms with Gasteiger partial charge in [0.15, 0.2) is 0 Å². The van der Waals surface area contributed by atoms with Crippen LogP contribution in [0.15, 0.2) is 24.3 Å². The second-order valence-electron chi connectivity index (χ2n) is 3.97. The van der Waals surface area contributed by atoms with Crippen LogP contribution in [0.5, 0.6) is 0 Å². The molecule has 0 saturated heterocycles. The van der Waals surface area contributed by atoms with Crippen molar-refractivity contribution in [2.24, 2.45) is 0 Å². The second kappa shape index (κ2) is 10.9. The van der Waals surface area contributed by atoms with E-state index in [2.05, 4.69) is 13.2 Å². The van der Waals surface area contributed by atoms with Gasteiger partial charge in [-0.2, -0.15) is 0 Å². The Hall–Kier alpha value is -1.58. The molecule has 0 atom stereocenters. The molecule has 0 aliphatic rings. The van der Waals surface area contributed by atoms with Gasteiger partial charge < -0.3 is 9.84 Å². The van der Waals surface area contributed by atoms with Crippen LogP contribution < -0.4 is 0 Å². The van der Waals surface area contributed by atoms with Gasteiger partial charge in [-0.1, -0.05) is 12.2 Å². The van der Waals surface area contributed by atoms with Crippen molar-refractivity contribution in [3.8, 4) is 0 Å². The highest BCUT2D eigenvalue weighted by Crippen LogP contribution is 1.98. The number of carbonyl (C=O) groups excluding carboxylic acids is 1. The van der Waals surface area contributed by atoms with E-state index in [0.29, 0.717) is 18.4 Å². The molecular formula is C13H22O4. The third-order valence-corrected chi connectivity index (χ3v) is 1.37. The van der Waals surface area contributed by atoms with Gasteiger partial charge in [0.05, 0.1) is 6.61 Å². The Bertz CT molecular complexity index is 275. The molecule has 0 unspecified atom stereocenters. The number of aliphatic carboxylic acids is 1. The summed E-state index contributed by atoms with van der Waals surface area (Å²) >= 11 is 0. The zero-order valence-corrected chi connectivity index (χ0v) is 10.9. The van der Waals surface area contributed by atoms with Gasteiger partial charge in [-0.15, -0.1) is 6.58 Å². The molecule has 0 aliphatic heterocycles. The number of carboxylic acids is 1. The molecule has 0 radical (unpaired) electrons. The fourth-order valence-electron chi connectivity index (χ4n) is 0.666. The number of hydrogen-bond donors (Lipinski definition) is 1. The lowest BCUT2D eigenvalue weighted by Gasteiger charge is -2.02. The molecule has 0 aromatic rings. The largest absolute Gasteiger partial charge is 0.481 e. The molecule has 0 saturated carbocycles. The van der Waals surface area contributed by atoms with Crippen LogP contribution in [0.4, 0.5) is 0 Å². The van der Waals surface area contributed by atoms with E-state index in [0.717, 1.165) is 0 Å². The first-order chi connectivity index (χ1) is 7.77. The summed E-state index contributed by atoms with van der Waals surface area (Å²) in [7, 11) is 0. The molecule has 0 amide bonds. The molecule has 0 aromatic carbocycles. The molecule has 0 heterocycles. The SMILES string of the molecule is C=C(C)C.C=C(C)C(=O)OCCCCC(=O)O. The number of hydrogen-bond acceptors (Lipinski definition) is 3. The highest BCUT2D eigenvalue weighted by molar-refractivity contribution is 5.86. The van der Waals surface area contributed by atoms with Crippen LogP contribution >= 0.6 is 0 Å². The lowest BCUT2D eigenvalue weighted by molar-refractivity contribution is -0.139. The van der Waals surface area contributed by atoms with E-state index in [1.807, 2.05) is 13.8 Å². The maximum Gasteiger partial charge on any atom is 0.333 e. The molecule has 0 rings (SSSR count). The van der Waals surface area contributed by atoms with E-state index in [4.69, 9.17) is 9.84 Å². The average molecular weight is 242 g/mol. The van der Waals surface area contributed by atoms with Crippen molar-refractivity contribution >= 4 is 11.9 Å². The first-order valence-corrected chi connectivity index (χ1v) is 5.44. The Morgan fingerprint density at radius 1 is 1.12 bits per heavy atom. The van der Waals surface area contributed by atoms with Crippen molar-refractivity contribution < 1.29 is 19.4 Å². The van der Waals surface area contributed by atoms with Crippen LogP contribution in [0.1, 0.15) is 40.0 Å². The van der Waals surface area contributed by atoms with Gasteiger partial charge in [-0.25, -0.2) is 4.79 Å². The predicted molar refractivity (Wildman–Crippen MR) is 67.7 cm³/mol. The third-order valence-electron chi connectivity index (χ3n) is 1.37. The minimum absolute atomic E-state index is 0.116. The molecule has 98 valence electrons. The van der Waals surface area contributed by atoms with Crippen molar-refractivity contribution in [3.05, 3.63) is 24.3 Å². The molecule has 0 spiro atoms. The molecular weight excluding hydrogens is 220 g/mol. The van der Waals surface area contributed by atoms with E-state index >= 15 is 0 Å². The van der Waals surface area contributed by atoms with E-state index in [1.165, 1.54) is 5.57 Å². The molecule has 4 heteroatoms. The van der Waals surface area contributed by atoms with Crippen LogP contribution in [0.25, 0.3) is 0 Å².